The van der Waals surface area contributed by atoms with Gasteiger partial charge in [-0.3, -0.25) is 14.2 Å². The van der Waals surface area contributed by atoms with Crippen LogP contribution in [0.5, 0.6) is 0 Å². The molecule has 6 heteroatoms. The molecule has 0 saturated carbocycles. The van der Waals surface area contributed by atoms with Gasteiger partial charge in [-0.15, -0.1) is 11.3 Å². The number of anilines is 1. The van der Waals surface area contributed by atoms with Gasteiger partial charge in [0.15, 0.2) is 0 Å². The molecule has 5 nitrogen and oxygen atoms in total. The Morgan fingerprint density at radius 1 is 1.09 bits per heavy atom. The van der Waals surface area contributed by atoms with E-state index in [1.165, 1.54) is 27.8 Å². The zero-order valence-corrected chi connectivity index (χ0v) is 19.6. The second-order valence-corrected chi connectivity index (χ2v) is 8.98. The summed E-state index contributed by atoms with van der Waals surface area (Å²) in [5, 5.41) is 5.52. The van der Waals surface area contributed by atoms with Crippen molar-refractivity contribution in [3.05, 3.63) is 81.2 Å². The first-order valence-electron chi connectivity index (χ1n) is 10.9. The Bertz CT molecular complexity index is 1320. The Kier molecular flexibility index (Phi) is 6.24. The number of nitrogens with one attached hydrogen (secondary N) is 1. The van der Waals surface area contributed by atoms with Crippen molar-refractivity contribution in [1.29, 1.82) is 0 Å². The summed E-state index contributed by atoms with van der Waals surface area (Å²) in [5.74, 6) is -0.218. The largest absolute Gasteiger partial charge is 0.324 e. The molecule has 2 aromatic heterocycles. The topological polar surface area (TPSA) is 64.0 Å². The van der Waals surface area contributed by atoms with Gasteiger partial charge in [0.25, 0.3) is 5.56 Å². The van der Waals surface area contributed by atoms with Crippen LogP contribution >= 0.6 is 11.3 Å². The number of nitrogens with zero attached hydrogens (tertiary/aromatic N) is 2. The van der Waals surface area contributed by atoms with Crippen LogP contribution < -0.4 is 10.9 Å². The molecular formula is C26H27N3O2S. The first-order chi connectivity index (χ1) is 15.4. The fourth-order valence-corrected chi connectivity index (χ4v) is 4.99. The van der Waals surface area contributed by atoms with Crippen LogP contribution in [0.3, 0.4) is 0 Å². The van der Waals surface area contributed by atoms with Crippen molar-refractivity contribution >= 4 is 33.1 Å². The highest BCUT2D eigenvalue weighted by molar-refractivity contribution is 7.17. The van der Waals surface area contributed by atoms with Crippen LogP contribution in [0.4, 0.5) is 5.69 Å². The first-order valence-corrected chi connectivity index (χ1v) is 11.8. The van der Waals surface area contributed by atoms with Gasteiger partial charge in [-0.25, -0.2) is 4.98 Å². The Hall–Kier alpha value is -3.25. The van der Waals surface area contributed by atoms with Gasteiger partial charge in [0.2, 0.25) is 5.91 Å². The van der Waals surface area contributed by atoms with Crippen LogP contribution in [0.2, 0.25) is 0 Å². The number of carbonyl (C=O) groups is 1. The monoisotopic (exact) mass is 445 g/mol. The minimum atomic E-state index is -0.643. The third kappa shape index (κ3) is 4.23. The molecule has 0 aliphatic carbocycles. The molecule has 164 valence electrons. The molecule has 4 aromatic rings. The molecule has 0 aliphatic rings. The van der Waals surface area contributed by atoms with Crippen LogP contribution in [0.25, 0.3) is 21.3 Å². The van der Waals surface area contributed by atoms with Crippen molar-refractivity contribution in [2.24, 2.45) is 0 Å². The van der Waals surface area contributed by atoms with Crippen LogP contribution in [0.1, 0.15) is 43.0 Å². The quantitative estimate of drug-likeness (QED) is 0.402. The van der Waals surface area contributed by atoms with E-state index in [0.717, 1.165) is 34.4 Å². The second kappa shape index (κ2) is 9.09. The maximum Gasteiger partial charge on any atom is 0.263 e. The van der Waals surface area contributed by atoms with Gasteiger partial charge >= 0.3 is 0 Å². The van der Waals surface area contributed by atoms with Crippen molar-refractivity contribution in [2.45, 2.75) is 46.6 Å². The number of hydrogen-bond acceptors (Lipinski definition) is 4. The smallest absolute Gasteiger partial charge is 0.263 e. The first kappa shape index (κ1) is 22.0. The van der Waals surface area contributed by atoms with Gasteiger partial charge < -0.3 is 5.32 Å². The predicted molar refractivity (Wildman–Crippen MR) is 133 cm³/mol. The van der Waals surface area contributed by atoms with Crippen LogP contribution in [0, 0.1) is 13.8 Å². The fraction of sp³-hybridized carbons (Fsp3) is 0.269. The molecule has 0 spiro atoms. The Balaban J connectivity index is 1.73. The summed E-state index contributed by atoms with van der Waals surface area (Å²) >= 11 is 1.45. The summed E-state index contributed by atoms with van der Waals surface area (Å²) in [5.41, 5.74) is 5.80. The highest BCUT2D eigenvalue weighted by Crippen LogP contribution is 2.31. The molecule has 0 saturated heterocycles. The molecule has 1 amide bonds. The lowest BCUT2D eigenvalue weighted by Crippen LogP contribution is -2.33. The molecule has 1 N–H and O–H groups in total. The molecule has 2 heterocycles. The van der Waals surface area contributed by atoms with Crippen LogP contribution in [-0.4, -0.2) is 15.5 Å². The van der Waals surface area contributed by atoms with Gasteiger partial charge in [-0.05, 0) is 61.1 Å². The van der Waals surface area contributed by atoms with Gasteiger partial charge in [-0.1, -0.05) is 44.2 Å². The van der Waals surface area contributed by atoms with Crippen molar-refractivity contribution in [1.82, 2.24) is 9.55 Å². The Morgan fingerprint density at radius 2 is 1.78 bits per heavy atom. The predicted octanol–water partition coefficient (Wildman–Crippen LogP) is 5.89. The second-order valence-electron chi connectivity index (χ2n) is 8.13. The molecule has 1 atom stereocenters. The summed E-state index contributed by atoms with van der Waals surface area (Å²) in [6.45, 7) is 8.01. The van der Waals surface area contributed by atoms with Crippen molar-refractivity contribution in [3.8, 4) is 11.1 Å². The summed E-state index contributed by atoms with van der Waals surface area (Å²) in [6.07, 6.45) is 2.95. The Morgan fingerprint density at radius 3 is 2.41 bits per heavy atom. The minimum Gasteiger partial charge on any atom is -0.324 e. The zero-order valence-electron chi connectivity index (χ0n) is 18.8. The highest BCUT2D eigenvalue weighted by atomic mass is 32.1. The molecule has 1 unspecified atom stereocenters. The van der Waals surface area contributed by atoms with Gasteiger partial charge in [0.1, 0.15) is 10.9 Å². The number of thiophene rings is 1. The molecule has 2 aromatic carbocycles. The number of hydrogen-bond donors (Lipinski definition) is 1. The van der Waals surface area contributed by atoms with E-state index >= 15 is 0 Å². The Labute approximate surface area is 191 Å². The van der Waals surface area contributed by atoms with Crippen molar-refractivity contribution in [3.63, 3.8) is 0 Å². The summed E-state index contributed by atoms with van der Waals surface area (Å²) in [4.78, 5) is 31.8. The third-order valence-electron chi connectivity index (χ3n) is 5.71. The standard InChI is InChI=1S/C26H27N3O2S/c1-5-18-7-9-19(10-8-18)21-14-32-25-23(21)26(31)29(15-27-25)22(6-2)24(30)28-20-12-16(3)11-17(4)13-20/h7-15,22H,5-6H2,1-4H3,(H,28,30). The highest BCUT2D eigenvalue weighted by Gasteiger charge is 2.23. The van der Waals surface area contributed by atoms with E-state index in [4.69, 9.17) is 0 Å². The van der Waals surface area contributed by atoms with E-state index in [1.807, 2.05) is 50.4 Å². The van der Waals surface area contributed by atoms with Gasteiger partial charge in [-0.2, -0.15) is 0 Å². The average Bonchev–Trinajstić information content (AvgIpc) is 3.20. The van der Waals surface area contributed by atoms with Crippen molar-refractivity contribution in [2.75, 3.05) is 5.32 Å². The maximum atomic E-state index is 13.5. The number of aromatic nitrogens is 2. The molecule has 4 rings (SSSR count). The summed E-state index contributed by atoms with van der Waals surface area (Å²) in [6, 6.07) is 13.5. The van der Waals surface area contributed by atoms with Gasteiger partial charge in [0.05, 0.1) is 11.7 Å². The van der Waals surface area contributed by atoms with Crippen LogP contribution in [-0.2, 0) is 11.2 Å². The van der Waals surface area contributed by atoms with E-state index < -0.39 is 6.04 Å². The fourth-order valence-electron chi connectivity index (χ4n) is 4.08. The summed E-state index contributed by atoms with van der Waals surface area (Å²) in [7, 11) is 0. The maximum absolute atomic E-state index is 13.5. The number of aryl methyl sites for hydroxylation is 3. The SMILES string of the molecule is CCc1ccc(-c2csc3ncn(C(CC)C(=O)Nc4cc(C)cc(C)c4)c(=O)c23)cc1. The molecular weight excluding hydrogens is 418 g/mol. The third-order valence-corrected chi connectivity index (χ3v) is 6.59. The van der Waals surface area contributed by atoms with Crippen LogP contribution in [0.15, 0.2) is 59.0 Å². The van der Waals surface area contributed by atoms with E-state index in [2.05, 4.69) is 35.4 Å². The van der Waals surface area contributed by atoms with Crippen molar-refractivity contribution < 1.29 is 4.79 Å². The average molecular weight is 446 g/mol. The molecule has 0 aliphatic heterocycles. The number of amides is 1. The van der Waals surface area contributed by atoms with E-state index in [-0.39, 0.29) is 11.5 Å². The molecule has 0 radical (unpaired) electrons. The molecule has 0 bridgehead atoms. The van der Waals surface area contributed by atoms with E-state index in [1.54, 1.807) is 0 Å². The molecule has 32 heavy (non-hydrogen) atoms. The lowest BCUT2D eigenvalue weighted by molar-refractivity contribution is -0.119. The van der Waals surface area contributed by atoms with Gasteiger partial charge in [0, 0.05) is 16.6 Å². The van der Waals surface area contributed by atoms with E-state index in [9.17, 15) is 9.59 Å². The summed E-state index contributed by atoms with van der Waals surface area (Å²) < 4.78 is 1.47. The molecule has 0 fully saturated rings. The number of carbonyl (C=O) groups excluding carboxylic acids is 1. The number of benzene rings is 2. The lowest BCUT2D eigenvalue weighted by Gasteiger charge is -2.18. The normalized spacial score (nSPS) is 12.1. The minimum absolute atomic E-state index is 0.187. The zero-order chi connectivity index (χ0) is 22.8. The number of fused-ring (bicyclic) bond motifs is 1. The van der Waals surface area contributed by atoms with E-state index in [0.29, 0.717) is 16.6 Å². The lowest BCUT2D eigenvalue weighted by atomic mass is 10.0. The number of rotatable bonds is 6.